The van der Waals surface area contributed by atoms with Crippen molar-refractivity contribution in [3.8, 4) is 11.1 Å². The first-order valence-corrected chi connectivity index (χ1v) is 10.9. The SMILES string of the molecule is CC(C)n1cc(CN2CCC(C(=O)Nc3cccc(-c4cccc(F)c4)c3)CC2)cn1. The van der Waals surface area contributed by atoms with Crippen molar-refractivity contribution in [2.24, 2.45) is 5.92 Å². The molecule has 0 spiro atoms. The molecule has 1 amide bonds. The van der Waals surface area contributed by atoms with Crippen molar-refractivity contribution in [2.75, 3.05) is 18.4 Å². The van der Waals surface area contributed by atoms with Gasteiger partial charge in [0.05, 0.1) is 6.20 Å². The minimum Gasteiger partial charge on any atom is -0.326 e. The zero-order valence-electron chi connectivity index (χ0n) is 18.1. The Morgan fingerprint density at radius 3 is 2.52 bits per heavy atom. The summed E-state index contributed by atoms with van der Waals surface area (Å²) in [4.78, 5) is 15.2. The number of hydrogen-bond donors (Lipinski definition) is 1. The predicted octanol–water partition coefficient (Wildman–Crippen LogP) is 5.12. The number of rotatable bonds is 6. The van der Waals surface area contributed by atoms with Crippen molar-refractivity contribution < 1.29 is 9.18 Å². The molecule has 6 heteroatoms. The van der Waals surface area contributed by atoms with Gasteiger partial charge in [0.15, 0.2) is 0 Å². The molecule has 0 bridgehead atoms. The summed E-state index contributed by atoms with van der Waals surface area (Å²) in [5.41, 5.74) is 3.64. The molecule has 162 valence electrons. The molecule has 0 saturated carbocycles. The van der Waals surface area contributed by atoms with Crippen molar-refractivity contribution in [2.45, 2.75) is 39.3 Å². The van der Waals surface area contributed by atoms with Gasteiger partial charge in [-0.1, -0.05) is 24.3 Å². The summed E-state index contributed by atoms with van der Waals surface area (Å²) in [6.07, 6.45) is 5.72. The van der Waals surface area contributed by atoms with E-state index in [-0.39, 0.29) is 17.6 Å². The zero-order valence-corrected chi connectivity index (χ0v) is 18.1. The Morgan fingerprint density at radius 1 is 1.13 bits per heavy atom. The van der Waals surface area contributed by atoms with Gasteiger partial charge in [-0.2, -0.15) is 5.10 Å². The van der Waals surface area contributed by atoms with Gasteiger partial charge in [-0.15, -0.1) is 0 Å². The fraction of sp³-hybridized carbons (Fsp3) is 0.360. The summed E-state index contributed by atoms with van der Waals surface area (Å²) in [5, 5.41) is 7.46. The maximum atomic E-state index is 13.5. The van der Waals surface area contributed by atoms with Crippen molar-refractivity contribution in [3.05, 3.63) is 72.3 Å². The smallest absolute Gasteiger partial charge is 0.227 e. The van der Waals surface area contributed by atoms with Gasteiger partial charge < -0.3 is 5.32 Å². The van der Waals surface area contributed by atoms with Crippen LogP contribution in [0.25, 0.3) is 11.1 Å². The summed E-state index contributed by atoms with van der Waals surface area (Å²) in [6.45, 7) is 6.91. The fourth-order valence-corrected chi connectivity index (χ4v) is 4.04. The maximum absolute atomic E-state index is 13.5. The van der Waals surface area contributed by atoms with E-state index in [2.05, 4.69) is 35.4 Å². The highest BCUT2D eigenvalue weighted by Gasteiger charge is 2.25. The molecule has 1 fully saturated rings. The topological polar surface area (TPSA) is 50.2 Å². The first-order valence-electron chi connectivity index (χ1n) is 10.9. The highest BCUT2D eigenvalue weighted by Crippen LogP contribution is 2.25. The number of piperidine rings is 1. The van der Waals surface area contributed by atoms with Crippen LogP contribution in [-0.2, 0) is 11.3 Å². The molecule has 1 N–H and O–H groups in total. The molecule has 1 aliphatic heterocycles. The van der Waals surface area contributed by atoms with Crippen LogP contribution >= 0.6 is 0 Å². The van der Waals surface area contributed by atoms with Gasteiger partial charge >= 0.3 is 0 Å². The van der Waals surface area contributed by atoms with Gasteiger partial charge in [-0.3, -0.25) is 14.4 Å². The third kappa shape index (κ3) is 5.39. The van der Waals surface area contributed by atoms with Crippen LogP contribution in [0.1, 0.15) is 38.3 Å². The number of amides is 1. The van der Waals surface area contributed by atoms with Gasteiger partial charge in [0.25, 0.3) is 0 Å². The summed E-state index contributed by atoms with van der Waals surface area (Å²) >= 11 is 0. The molecule has 0 radical (unpaired) electrons. The van der Waals surface area contributed by atoms with E-state index in [1.54, 1.807) is 6.07 Å². The third-order valence-electron chi connectivity index (χ3n) is 5.84. The number of nitrogens with zero attached hydrogens (tertiary/aromatic N) is 3. The summed E-state index contributed by atoms with van der Waals surface area (Å²) in [7, 11) is 0. The lowest BCUT2D eigenvalue weighted by Crippen LogP contribution is -2.37. The Hall–Kier alpha value is -2.99. The van der Waals surface area contributed by atoms with E-state index in [0.29, 0.717) is 6.04 Å². The molecule has 0 aliphatic carbocycles. The molecule has 1 saturated heterocycles. The normalized spacial score (nSPS) is 15.4. The lowest BCUT2D eigenvalue weighted by Gasteiger charge is -2.31. The second kappa shape index (κ2) is 9.43. The Bertz CT molecular complexity index is 1040. The monoisotopic (exact) mass is 420 g/mol. The minimum atomic E-state index is -0.268. The summed E-state index contributed by atoms with van der Waals surface area (Å²) in [5.74, 6) is -0.202. The molecule has 1 aromatic heterocycles. The van der Waals surface area contributed by atoms with Crippen LogP contribution < -0.4 is 5.32 Å². The Balaban J connectivity index is 1.31. The minimum absolute atomic E-state index is 0.00691. The second-order valence-corrected chi connectivity index (χ2v) is 8.55. The van der Waals surface area contributed by atoms with Gasteiger partial charge in [0.1, 0.15) is 5.82 Å². The number of aromatic nitrogens is 2. The molecular weight excluding hydrogens is 391 g/mol. The van der Waals surface area contributed by atoms with Crippen LogP contribution in [0.5, 0.6) is 0 Å². The molecule has 4 rings (SSSR count). The quantitative estimate of drug-likeness (QED) is 0.602. The highest BCUT2D eigenvalue weighted by molar-refractivity contribution is 5.93. The first-order chi connectivity index (χ1) is 15.0. The van der Waals surface area contributed by atoms with Crippen LogP contribution in [0.4, 0.5) is 10.1 Å². The van der Waals surface area contributed by atoms with E-state index in [1.807, 2.05) is 41.2 Å². The Labute approximate surface area is 182 Å². The van der Waals surface area contributed by atoms with Gasteiger partial charge in [-0.25, -0.2) is 4.39 Å². The van der Waals surface area contributed by atoms with Crippen LogP contribution in [-0.4, -0.2) is 33.7 Å². The number of carbonyl (C=O) groups is 1. The molecule has 2 aromatic carbocycles. The van der Waals surface area contributed by atoms with Crippen LogP contribution in [0.3, 0.4) is 0 Å². The van der Waals surface area contributed by atoms with Gasteiger partial charge in [-0.05, 0) is 75.2 Å². The van der Waals surface area contributed by atoms with Crippen LogP contribution in [0.2, 0.25) is 0 Å². The molecule has 31 heavy (non-hydrogen) atoms. The van der Waals surface area contributed by atoms with Gasteiger partial charge in [0.2, 0.25) is 5.91 Å². The Kier molecular flexibility index (Phi) is 6.47. The van der Waals surface area contributed by atoms with Crippen molar-refractivity contribution in [1.29, 1.82) is 0 Å². The maximum Gasteiger partial charge on any atom is 0.227 e. The summed E-state index contributed by atoms with van der Waals surface area (Å²) < 4.78 is 15.5. The number of likely N-dealkylation sites (tertiary alicyclic amines) is 1. The second-order valence-electron chi connectivity index (χ2n) is 8.55. The molecule has 0 unspecified atom stereocenters. The fourth-order valence-electron chi connectivity index (χ4n) is 4.04. The molecule has 1 aliphatic rings. The number of hydrogen-bond acceptors (Lipinski definition) is 3. The zero-order chi connectivity index (χ0) is 21.8. The van der Waals surface area contributed by atoms with E-state index in [9.17, 15) is 9.18 Å². The molecule has 5 nitrogen and oxygen atoms in total. The largest absolute Gasteiger partial charge is 0.326 e. The molecule has 3 aromatic rings. The highest BCUT2D eigenvalue weighted by atomic mass is 19.1. The van der Waals surface area contributed by atoms with E-state index < -0.39 is 0 Å². The number of carbonyl (C=O) groups excluding carboxylic acids is 1. The first kappa shape index (κ1) is 21.2. The van der Waals surface area contributed by atoms with Crippen molar-refractivity contribution in [3.63, 3.8) is 0 Å². The average molecular weight is 421 g/mol. The van der Waals surface area contributed by atoms with Crippen molar-refractivity contribution in [1.82, 2.24) is 14.7 Å². The average Bonchev–Trinajstić information content (AvgIpc) is 3.23. The lowest BCUT2D eigenvalue weighted by molar-refractivity contribution is -0.121. The van der Waals surface area contributed by atoms with Crippen molar-refractivity contribution >= 4 is 11.6 Å². The number of anilines is 1. The number of halogens is 1. The van der Waals surface area contributed by atoms with Crippen LogP contribution in [0, 0.1) is 11.7 Å². The number of benzene rings is 2. The van der Waals surface area contributed by atoms with E-state index >= 15 is 0 Å². The molecular formula is C25H29FN4O. The molecule has 0 atom stereocenters. The predicted molar refractivity (Wildman–Crippen MR) is 121 cm³/mol. The lowest BCUT2D eigenvalue weighted by atomic mass is 9.95. The standard InChI is InChI=1S/C25H29FN4O/c1-18(2)30-17-19(15-27-30)16-29-11-9-20(10-12-29)25(31)28-24-8-4-6-22(14-24)21-5-3-7-23(26)13-21/h3-8,13-15,17-18,20H,9-12,16H2,1-2H3,(H,28,31). The van der Waals surface area contributed by atoms with E-state index in [4.69, 9.17) is 0 Å². The Morgan fingerprint density at radius 2 is 1.84 bits per heavy atom. The number of nitrogens with one attached hydrogen (secondary N) is 1. The molecule has 2 heterocycles. The van der Waals surface area contributed by atoms with E-state index in [1.165, 1.54) is 17.7 Å². The van der Waals surface area contributed by atoms with Crippen LogP contribution in [0.15, 0.2) is 60.9 Å². The van der Waals surface area contributed by atoms with Gasteiger partial charge in [0, 0.05) is 36.0 Å². The third-order valence-corrected chi connectivity index (χ3v) is 5.84. The van der Waals surface area contributed by atoms with E-state index in [0.717, 1.165) is 49.3 Å². The summed E-state index contributed by atoms with van der Waals surface area (Å²) in [6, 6.07) is 14.4.